The van der Waals surface area contributed by atoms with Gasteiger partial charge in [0.25, 0.3) is 0 Å². The van der Waals surface area contributed by atoms with Gasteiger partial charge in [-0.1, -0.05) is 30.7 Å². The second-order valence-electron chi connectivity index (χ2n) is 6.74. The van der Waals surface area contributed by atoms with Crippen LogP contribution in [0.15, 0.2) is 42.5 Å². The molecule has 3 nitrogen and oxygen atoms in total. The first-order chi connectivity index (χ1) is 12.7. The number of rotatable bonds is 3. The van der Waals surface area contributed by atoms with Gasteiger partial charge in [0.05, 0.1) is 18.7 Å². The fourth-order valence-electron chi connectivity index (χ4n) is 3.81. The summed E-state index contributed by atoms with van der Waals surface area (Å²) in [6.45, 7) is 7.72. The third-order valence-electron chi connectivity index (χ3n) is 5.13. The van der Waals surface area contributed by atoms with Crippen LogP contribution >= 0.6 is 11.6 Å². The fraction of sp³-hybridized carbons (Fsp3) is 0.318. The molecule has 0 radical (unpaired) electrons. The van der Waals surface area contributed by atoms with Gasteiger partial charge in [-0.3, -0.25) is 0 Å². The van der Waals surface area contributed by atoms with Crippen molar-refractivity contribution in [1.29, 1.82) is 0 Å². The Labute approximate surface area is 159 Å². The largest absolute Gasteiger partial charge is 0.378 e. The molecule has 0 aliphatic carbocycles. The minimum Gasteiger partial charge on any atom is -0.378 e. The van der Waals surface area contributed by atoms with E-state index in [1.807, 2.05) is 12.1 Å². The summed E-state index contributed by atoms with van der Waals surface area (Å²) in [6, 6.07) is 14.7. The van der Waals surface area contributed by atoms with Gasteiger partial charge in [0.15, 0.2) is 0 Å². The van der Waals surface area contributed by atoms with Crippen molar-refractivity contribution in [2.45, 2.75) is 20.3 Å². The normalized spacial score (nSPS) is 14.8. The second-order valence-corrected chi connectivity index (χ2v) is 7.18. The number of anilines is 1. The van der Waals surface area contributed by atoms with E-state index in [9.17, 15) is 0 Å². The summed E-state index contributed by atoms with van der Waals surface area (Å²) in [4.78, 5) is 7.28. The Balaban J connectivity index is 1.89. The lowest BCUT2D eigenvalue weighted by Crippen LogP contribution is -2.36. The number of ether oxygens (including phenoxy) is 1. The number of nitrogens with zero attached hydrogens (tertiary/aromatic N) is 2. The molecule has 0 N–H and O–H groups in total. The Morgan fingerprint density at radius 3 is 2.50 bits per heavy atom. The monoisotopic (exact) mass is 366 g/mol. The number of hydrogen-bond donors (Lipinski definition) is 0. The van der Waals surface area contributed by atoms with E-state index in [1.54, 1.807) is 0 Å². The van der Waals surface area contributed by atoms with E-state index in [0.29, 0.717) is 0 Å². The molecule has 0 bridgehead atoms. The summed E-state index contributed by atoms with van der Waals surface area (Å²) in [5.41, 5.74) is 6.19. The predicted molar refractivity (Wildman–Crippen MR) is 109 cm³/mol. The lowest BCUT2D eigenvalue weighted by atomic mass is 9.90. The highest BCUT2D eigenvalue weighted by atomic mass is 35.5. The first-order valence-electron chi connectivity index (χ1n) is 9.19. The maximum atomic E-state index is 6.10. The van der Waals surface area contributed by atoms with Gasteiger partial charge in [-0.05, 0) is 65.9 Å². The fourth-order valence-corrected chi connectivity index (χ4v) is 3.93. The molecule has 1 fully saturated rings. The number of benzene rings is 2. The van der Waals surface area contributed by atoms with Crippen LogP contribution in [0.1, 0.15) is 18.1 Å². The van der Waals surface area contributed by atoms with Crippen LogP contribution in [-0.2, 0) is 11.2 Å². The Kier molecular flexibility index (Phi) is 4.84. The third kappa shape index (κ3) is 3.17. The standard InChI is InChI=1S/C22H23ClN2O/c1-3-18-15(2)14-20-19(22(18)16-4-6-17(23)7-5-16)8-9-21(24-20)25-10-12-26-13-11-25/h4-9,14H,3,10-13H2,1-2H3. The van der Waals surface area contributed by atoms with E-state index in [1.165, 1.54) is 27.6 Å². The molecule has 1 saturated heterocycles. The van der Waals surface area contributed by atoms with Gasteiger partial charge in [0.2, 0.25) is 0 Å². The Morgan fingerprint density at radius 1 is 1.08 bits per heavy atom. The van der Waals surface area contributed by atoms with Gasteiger partial charge in [-0.15, -0.1) is 0 Å². The van der Waals surface area contributed by atoms with Crippen LogP contribution < -0.4 is 4.90 Å². The van der Waals surface area contributed by atoms with Gasteiger partial charge in [0, 0.05) is 23.5 Å². The van der Waals surface area contributed by atoms with Crippen LogP contribution in [0, 0.1) is 6.92 Å². The van der Waals surface area contributed by atoms with Crippen molar-refractivity contribution in [2.24, 2.45) is 0 Å². The number of morpholine rings is 1. The molecule has 26 heavy (non-hydrogen) atoms. The third-order valence-corrected chi connectivity index (χ3v) is 5.38. The zero-order chi connectivity index (χ0) is 18.1. The molecular weight excluding hydrogens is 344 g/mol. The number of aromatic nitrogens is 1. The van der Waals surface area contributed by atoms with Crippen molar-refractivity contribution in [3.8, 4) is 11.1 Å². The number of pyridine rings is 1. The Hall–Kier alpha value is -2.10. The van der Waals surface area contributed by atoms with Crippen LogP contribution in [0.25, 0.3) is 22.0 Å². The van der Waals surface area contributed by atoms with E-state index in [2.05, 4.69) is 49.1 Å². The molecule has 1 aliphatic rings. The molecule has 0 spiro atoms. The number of halogens is 1. The maximum Gasteiger partial charge on any atom is 0.129 e. The lowest BCUT2D eigenvalue weighted by molar-refractivity contribution is 0.122. The van der Waals surface area contributed by atoms with Crippen LogP contribution in [0.2, 0.25) is 5.02 Å². The summed E-state index contributed by atoms with van der Waals surface area (Å²) >= 11 is 6.10. The summed E-state index contributed by atoms with van der Waals surface area (Å²) in [7, 11) is 0. The highest BCUT2D eigenvalue weighted by molar-refractivity contribution is 6.30. The molecule has 4 heteroatoms. The molecular formula is C22H23ClN2O. The topological polar surface area (TPSA) is 25.4 Å². The van der Waals surface area contributed by atoms with Gasteiger partial charge in [-0.2, -0.15) is 0 Å². The molecule has 0 unspecified atom stereocenters. The van der Waals surface area contributed by atoms with Crippen molar-refractivity contribution in [3.63, 3.8) is 0 Å². The Bertz CT molecular complexity index is 931. The SMILES string of the molecule is CCc1c(C)cc2nc(N3CCOCC3)ccc2c1-c1ccc(Cl)cc1. The second kappa shape index (κ2) is 7.26. The number of fused-ring (bicyclic) bond motifs is 1. The average Bonchev–Trinajstić information content (AvgIpc) is 2.68. The van der Waals surface area contributed by atoms with Gasteiger partial charge in [-0.25, -0.2) is 4.98 Å². The summed E-state index contributed by atoms with van der Waals surface area (Å²) in [5.74, 6) is 1.03. The van der Waals surface area contributed by atoms with Crippen LogP contribution in [-0.4, -0.2) is 31.3 Å². The number of aryl methyl sites for hydroxylation is 1. The number of hydrogen-bond acceptors (Lipinski definition) is 3. The van der Waals surface area contributed by atoms with E-state index in [-0.39, 0.29) is 0 Å². The summed E-state index contributed by atoms with van der Waals surface area (Å²) in [6.07, 6.45) is 0.991. The first kappa shape index (κ1) is 17.3. The van der Waals surface area contributed by atoms with Gasteiger partial charge in [0.1, 0.15) is 5.82 Å². The minimum atomic E-state index is 0.761. The molecule has 2 aromatic carbocycles. The molecule has 0 amide bonds. The highest BCUT2D eigenvalue weighted by Gasteiger charge is 2.16. The minimum absolute atomic E-state index is 0.761. The van der Waals surface area contributed by atoms with Crippen LogP contribution in [0.4, 0.5) is 5.82 Å². The highest BCUT2D eigenvalue weighted by Crippen LogP contribution is 2.35. The summed E-state index contributed by atoms with van der Waals surface area (Å²) in [5, 5.41) is 1.96. The van der Waals surface area contributed by atoms with Gasteiger partial charge >= 0.3 is 0 Å². The quantitative estimate of drug-likeness (QED) is 0.632. The van der Waals surface area contributed by atoms with Crippen molar-refractivity contribution in [2.75, 3.05) is 31.2 Å². The Morgan fingerprint density at radius 2 is 1.81 bits per heavy atom. The van der Waals surface area contributed by atoms with E-state index in [4.69, 9.17) is 21.3 Å². The van der Waals surface area contributed by atoms with E-state index in [0.717, 1.165) is 49.1 Å². The zero-order valence-corrected chi connectivity index (χ0v) is 16.0. The zero-order valence-electron chi connectivity index (χ0n) is 15.3. The van der Waals surface area contributed by atoms with Crippen LogP contribution in [0.5, 0.6) is 0 Å². The molecule has 1 aliphatic heterocycles. The van der Waals surface area contributed by atoms with E-state index >= 15 is 0 Å². The molecule has 3 aromatic rings. The molecule has 134 valence electrons. The van der Waals surface area contributed by atoms with Crippen molar-refractivity contribution < 1.29 is 4.74 Å². The molecule has 2 heterocycles. The lowest BCUT2D eigenvalue weighted by Gasteiger charge is -2.28. The van der Waals surface area contributed by atoms with Crippen molar-refractivity contribution in [1.82, 2.24) is 4.98 Å². The van der Waals surface area contributed by atoms with E-state index < -0.39 is 0 Å². The first-order valence-corrected chi connectivity index (χ1v) is 9.57. The summed E-state index contributed by atoms with van der Waals surface area (Å²) < 4.78 is 5.46. The molecule has 0 atom stereocenters. The molecule has 0 saturated carbocycles. The molecule has 4 rings (SSSR count). The smallest absolute Gasteiger partial charge is 0.129 e. The van der Waals surface area contributed by atoms with Gasteiger partial charge < -0.3 is 9.64 Å². The predicted octanol–water partition coefficient (Wildman–Crippen LogP) is 5.26. The van der Waals surface area contributed by atoms with Crippen molar-refractivity contribution in [3.05, 3.63) is 58.6 Å². The maximum absolute atomic E-state index is 6.10. The van der Waals surface area contributed by atoms with Crippen LogP contribution in [0.3, 0.4) is 0 Å². The van der Waals surface area contributed by atoms with Crippen molar-refractivity contribution >= 4 is 28.3 Å². The molecule has 1 aromatic heterocycles. The average molecular weight is 367 g/mol.